The Morgan fingerprint density at radius 2 is 1.08 bits per heavy atom. The Bertz CT molecular complexity index is 1730. The van der Waals surface area contributed by atoms with Gasteiger partial charge in [-0.2, -0.15) is 0 Å². The number of nitrogens with zero attached hydrogens (tertiary/aromatic N) is 1. The minimum atomic E-state index is -1.16. The van der Waals surface area contributed by atoms with Gasteiger partial charge in [0.1, 0.15) is 17.6 Å². The van der Waals surface area contributed by atoms with E-state index >= 15 is 0 Å². The van der Waals surface area contributed by atoms with Crippen molar-refractivity contribution in [2.75, 3.05) is 41.7 Å². The molecule has 0 amide bonds. The first-order valence-electron chi connectivity index (χ1n) is 21.4. The maximum atomic E-state index is 13.0. The smallest absolute Gasteiger partial charge is 0.231 e. The fraction of sp³-hybridized carbons (Fsp3) is 0.458. The van der Waals surface area contributed by atoms with Crippen LogP contribution in [0.1, 0.15) is 35.6 Å². The van der Waals surface area contributed by atoms with Gasteiger partial charge in [0.05, 0.1) is 46.8 Å². The molecule has 0 aromatic heterocycles. The van der Waals surface area contributed by atoms with Crippen LogP contribution in [0, 0.1) is 0 Å². The predicted octanol–water partition coefficient (Wildman–Crippen LogP) is -12.2. The van der Waals surface area contributed by atoms with Gasteiger partial charge in [-0.05, 0) is 35.7 Å². The summed E-state index contributed by atoms with van der Waals surface area (Å²) in [4.78, 5) is 13.0. The fourth-order valence-electron chi connectivity index (χ4n) is 9.93. The number of benzene rings is 2. The van der Waals surface area contributed by atoms with Gasteiger partial charge >= 0.3 is 0 Å². The van der Waals surface area contributed by atoms with Gasteiger partial charge in [-0.1, -0.05) is 12.1 Å². The maximum Gasteiger partial charge on any atom is 0.231 e. The molecule has 0 aliphatic carbocycles. The number of halogens is 1. The molecule has 4 rings (SSSR count). The molecule has 65 heavy (non-hydrogen) atoms. The number of rotatable bonds is 22. The van der Waals surface area contributed by atoms with Crippen LogP contribution < -0.4 is 42.9 Å². The number of quaternary nitrogens is 1. The zero-order valence-corrected chi connectivity index (χ0v) is 40.4. The van der Waals surface area contributed by atoms with Crippen LogP contribution in [0.25, 0.3) is 0 Å². The Labute approximate surface area is 439 Å². The van der Waals surface area contributed by atoms with Crippen molar-refractivity contribution in [1.82, 2.24) is 0 Å². The van der Waals surface area contributed by atoms with Gasteiger partial charge in [-0.15, -0.1) is 0 Å². The number of ether oxygens (including phenoxy) is 4. The minimum absolute atomic E-state index is 0. The number of aryl methyl sites for hydroxylation is 1. The van der Waals surface area contributed by atoms with Gasteiger partial charge in [0.2, 0.25) is 12.5 Å². The summed E-state index contributed by atoms with van der Waals surface area (Å²) >= 11 is 0. The quantitative estimate of drug-likeness (QED) is 0.0669. The number of likely N-dealkylation sites (N-methyl/N-ethyl adjacent to an activating group) is 1. The molecule has 0 fully saturated rings. The minimum Gasteiger partial charge on any atom is -1.00 e. The first-order valence-corrected chi connectivity index (χ1v) is 21.4. The normalized spacial score (nSPS) is 13.6. The van der Waals surface area contributed by atoms with E-state index in [1.165, 1.54) is 5.56 Å². The van der Waals surface area contributed by atoms with Crippen molar-refractivity contribution in [2.45, 2.75) is 31.7 Å². The van der Waals surface area contributed by atoms with E-state index in [4.69, 9.17) is 158 Å². The summed E-state index contributed by atoms with van der Waals surface area (Å²) in [6.07, 6.45) is -14.1. The van der Waals surface area contributed by atoms with Crippen LogP contribution in [0.3, 0.4) is 0 Å². The van der Waals surface area contributed by atoms with Crippen molar-refractivity contribution in [3.63, 3.8) is 0 Å². The Hall–Kier alpha value is 0.208. The zero-order chi connectivity index (χ0) is 48.5. The molecular weight excluding hydrogens is 877 g/mol. The Balaban J connectivity index is 0.000000442. The van der Waals surface area contributed by atoms with E-state index in [-0.39, 0.29) is 42.6 Å². The van der Waals surface area contributed by atoms with Crippen LogP contribution >= 0.6 is 0 Å². The summed E-state index contributed by atoms with van der Waals surface area (Å²) in [5, 5.41) is 0. The molecule has 270 valence electrons. The van der Waals surface area contributed by atoms with E-state index in [0.717, 1.165) is 45.8 Å². The van der Waals surface area contributed by atoms with E-state index < -0.39 is 102 Å². The number of carbonyl (C=O) groups excluding carboxylic acids is 1. The highest BCUT2D eigenvalue weighted by atomic mass is 127. The molecule has 1 atom stereocenters. The van der Waals surface area contributed by atoms with Crippen molar-refractivity contribution in [1.29, 1.82) is 0 Å². The zero-order valence-electron chi connectivity index (χ0n) is 38.2. The molecule has 36 radical (unpaired) electrons. The Kier molecular flexibility index (Phi) is 26.1. The molecule has 0 saturated carbocycles. The summed E-state index contributed by atoms with van der Waals surface area (Å²) in [5.41, 5.74) is 3.40. The largest absolute Gasteiger partial charge is 1.00 e. The van der Waals surface area contributed by atoms with Crippen molar-refractivity contribution in [3.05, 3.63) is 47.0 Å². The molecule has 0 saturated heterocycles. The van der Waals surface area contributed by atoms with E-state index in [2.05, 4.69) is 20.2 Å². The van der Waals surface area contributed by atoms with Crippen molar-refractivity contribution in [3.8, 4) is 23.0 Å². The summed E-state index contributed by atoms with van der Waals surface area (Å²) in [5.74, 6) is 3.19. The van der Waals surface area contributed by atoms with Crippen LogP contribution in [0.15, 0.2) is 30.3 Å². The lowest BCUT2D eigenvalue weighted by Gasteiger charge is -2.52. The molecule has 6 nitrogen and oxygen atoms in total. The van der Waals surface area contributed by atoms with E-state index in [0.29, 0.717) is 25.0 Å². The molecule has 0 N–H and O–H groups in total. The first kappa shape index (κ1) is 61.3. The first-order chi connectivity index (χ1) is 29.8. The Morgan fingerprint density at radius 1 is 0.631 bits per heavy atom. The topological polar surface area (TPSA) is 54.0 Å². The highest BCUT2D eigenvalue weighted by molar-refractivity contribution is 8.29. The molecule has 2 aromatic rings. The molecule has 0 spiro atoms. The predicted molar refractivity (Wildman–Crippen MR) is 309 cm³/mol. The SMILES string of the molecule is COc1cccc(CCC(=O)CC2c3c(cc4c(c3OC)OCO4)CC[N+]2(C)C)c1.[B]B([B])B(B([B])[B])B(B([B])[B])B(B(B([B])[B])B([B])[B])B(B(B([B])[B])B([B])[B])B(B([B])[B])B([B])[B].[I-]. The third-order valence-electron chi connectivity index (χ3n) is 13.0. The van der Waals surface area contributed by atoms with Gasteiger partial charge in [-0.3, -0.25) is 4.79 Å². The van der Waals surface area contributed by atoms with Crippen LogP contribution in [0.5, 0.6) is 23.0 Å². The van der Waals surface area contributed by atoms with Crippen molar-refractivity contribution in [2.24, 2.45) is 0 Å². The summed E-state index contributed by atoms with van der Waals surface area (Å²) in [6, 6.07) is 10.00. The number of methoxy groups -OCH3 is 2. The lowest BCUT2D eigenvalue weighted by molar-refractivity contribution is -0.922. The monoisotopic (exact) mass is 913 g/mol. The molecule has 2 aromatic carbocycles. The van der Waals surface area contributed by atoms with Crippen molar-refractivity contribution < 1.29 is 52.2 Å². The number of ketones is 1. The molecule has 0 bridgehead atoms. The lowest BCUT2D eigenvalue weighted by Crippen LogP contribution is -3.00. The summed E-state index contributed by atoms with van der Waals surface area (Å²) in [7, 11) is 118. The summed E-state index contributed by atoms with van der Waals surface area (Å²) < 4.78 is 23.1. The Morgan fingerprint density at radius 3 is 1.51 bits per heavy atom. The van der Waals surface area contributed by atoms with Gasteiger partial charge in [0.15, 0.2) is 11.5 Å². The van der Waals surface area contributed by atoms with Gasteiger partial charge in [0, 0.05) is 254 Å². The highest BCUT2D eigenvalue weighted by Gasteiger charge is 2.54. The molecular formula is C24H30B34INO5. The molecule has 2 aliphatic rings. The number of fused-ring (bicyclic) bond motifs is 2. The van der Waals surface area contributed by atoms with Crippen LogP contribution in [-0.4, -0.2) is 293 Å². The number of hydrogen-bond acceptors (Lipinski definition) is 5. The van der Waals surface area contributed by atoms with Crippen LogP contribution in [0.4, 0.5) is 0 Å². The lowest BCUT2D eigenvalue weighted by atomic mass is 8.29. The van der Waals surface area contributed by atoms with Crippen molar-refractivity contribution >= 4 is 247 Å². The van der Waals surface area contributed by atoms with E-state index in [9.17, 15) is 4.79 Å². The number of Topliss-reactive ketones (excluding diaryl/α,β-unsaturated/α-hetero) is 1. The second-order valence-corrected chi connectivity index (χ2v) is 17.8. The van der Waals surface area contributed by atoms with Gasteiger partial charge < -0.3 is 47.4 Å². The molecule has 1 unspecified atom stereocenters. The van der Waals surface area contributed by atoms with Crippen LogP contribution in [-0.2, 0) is 17.6 Å². The maximum absolute atomic E-state index is 13.0. The third kappa shape index (κ3) is 15.8. The number of carbonyl (C=O) groups is 1. The number of hydrogen-bond donors (Lipinski definition) is 0. The average Bonchev–Trinajstić information content (AvgIpc) is 3.66. The average molecular weight is 907 g/mol. The van der Waals surface area contributed by atoms with E-state index in [1.807, 2.05) is 24.3 Å². The fourth-order valence-corrected chi connectivity index (χ4v) is 9.93. The third-order valence-corrected chi connectivity index (χ3v) is 13.0. The second kappa shape index (κ2) is 27.7. The molecule has 41 heteroatoms. The van der Waals surface area contributed by atoms with E-state index in [1.54, 1.807) is 14.2 Å². The van der Waals surface area contributed by atoms with Gasteiger partial charge in [-0.25, -0.2) is 0 Å². The van der Waals surface area contributed by atoms with Gasteiger partial charge in [0.25, 0.3) is 0 Å². The second-order valence-electron chi connectivity index (χ2n) is 17.8. The van der Waals surface area contributed by atoms with Crippen LogP contribution in [0.2, 0.25) is 0 Å². The highest BCUT2D eigenvalue weighted by Crippen LogP contribution is 2.51. The molecule has 2 heterocycles. The molecule has 2 aliphatic heterocycles. The standard InChI is InChI=1S/C24H30NO5.B34.HI/c1-25(2)11-10-17-13-21-23(30-15-29-21)24(28-4)22(17)20(25)14-18(26)9-8-16-6-5-7-19(12-16)27-3;1-19(2)28(20(3)4)32(27(17)18)34(31(25(13)14)26(15)16)33(29(21(5)6)22(7)8)30(23(9)10)24(11)12;/h5-7,12-13,20H,8-11,14-15H2,1-4H3;;1H/q+1;;/p-1. The summed E-state index contributed by atoms with van der Waals surface area (Å²) in [6.45, 7) is 1.17.